The summed E-state index contributed by atoms with van der Waals surface area (Å²) >= 11 is 18.2. The second-order valence-electron chi connectivity index (χ2n) is 7.21. The lowest BCUT2D eigenvalue weighted by atomic mass is 10.2. The molecule has 1 aliphatic heterocycles. The lowest BCUT2D eigenvalue weighted by molar-refractivity contribution is -0.131. The Hall–Kier alpha value is -2.15. The van der Waals surface area contributed by atoms with Gasteiger partial charge in [0.05, 0.1) is 16.4 Å². The Bertz CT molecular complexity index is 962. The van der Waals surface area contributed by atoms with Crippen molar-refractivity contribution >= 4 is 58.0 Å². The maximum Gasteiger partial charge on any atom is 0.265 e. The van der Waals surface area contributed by atoms with Crippen LogP contribution in [0.2, 0.25) is 15.1 Å². The van der Waals surface area contributed by atoms with E-state index in [0.717, 1.165) is 5.69 Å². The predicted molar refractivity (Wildman–Crippen MR) is 126 cm³/mol. The average Bonchev–Trinajstić information content (AvgIpc) is 2.75. The van der Waals surface area contributed by atoms with E-state index in [2.05, 4.69) is 10.2 Å². The number of carbonyl (C=O) groups excluding carboxylic acids is 2. The van der Waals surface area contributed by atoms with Crippen LogP contribution in [0.25, 0.3) is 0 Å². The lowest BCUT2D eigenvalue weighted by Gasteiger charge is -2.37. The fraction of sp³-hybridized carbons (Fsp3) is 0.364. The maximum absolute atomic E-state index is 12.8. The molecule has 2 aromatic rings. The molecule has 1 fully saturated rings. The SMILES string of the molecule is CCC(=O)N1CCN(c2ccc(Cl)cc2NC(=O)[C@@H](C)Oc2ccc(Cl)cc2Cl)CC1. The van der Waals surface area contributed by atoms with Crippen LogP contribution < -0.4 is 15.0 Å². The summed E-state index contributed by atoms with van der Waals surface area (Å²) in [5, 5.41) is 4.23. The van der Waals surface area contributed by atoms with Gasteiger partial charge in [-0.15, -0.1) is 0 Å². The summed E-state index contributed by atoms with van der Waals surface area (Å²) in [6.45, 7) is 6.11. The molecule has 1 saturated heterocycles. The predicted octanol–water partition coefficient (Wildman–Crippen LogP) is 5.11. The molecular formula is C22H24Cl3N3O3. The third-order valence-corrected chi connectivity index (χ3v) is 5.82. The zero-order valence-corrected chi connectivity index (χ0v) is 19.6. The lowest BCUT2D eigenvalue weighted by Crippen LogP contribution is -2.48. The van der Waals surface area contributed by atoms with Crippen molar-refractivity contribution < 1.29 is 14.3 Å². The molecule has 0 aliphatic carbocycles. The Labute approximate surface area is 197 Å². The van der Waals surface area contributed by atoms with Crippen molar-refractivity contribution in [3.63, 3.8) is 0 Å². The first-order chi connectivity index (χ1) is 14.8. The van der Waals surface area contributed by atoms with Crippen molar-refractivity contribution in [1.29, 1.82) is 0 Å². The van der Waals surface area contributed by atoms with E-state index < -0.39 is 6.10 Å². The molecular weight excluding hydrogens is 461 g/mol. The number of rotatable bonds is 6. The van der Waals surface area contributed by atoms with Gasteiger partial charge < -0.3 is 19.9 Å². The van der Waals surface area contributed by atoms with Crippen LogP contribution in [-0.4, -0.2) is 49.0 Å². The molecule has 0 spiro atoms. The molecule has 0 saturated carbocycles. The number of amides is 2. The van der Waals surface area contributed by atoms with Crippen molar-refractivity contribution in [2.45, 2.75) is 26.4 Å². The standard InChI is InChI=1S/C22H24Cl3N3O3/c1-3-21(29)28-10-8-27(9-11-28)19-6-4-16(24)13-18(19)26-22(30)14(2)31-20-7-5-15(23)12-17(20)25/h4-7,12-14H,3,8-11H2,1-2H3,(H,26,30)/t14-/m1/s1. The van der Waals surface area contributed by atoms with Crippen molar-refractivity contribution in [3.05, 3.63) is 51.5 Å². The van der Waals surface area contributed by atoms with Gasteiger partial charge in [0.15, 0.2) is 6.10 Å². The van der Waals surface area contributed by atoms with Crippen molar-refractivity contribution in [1.82, 2.24) is 4.90 Å². The number of piperazine rings is 1. The largest absolute Gasteiger partial charge is 0.479 e. The van der Waals surface area contributed by atoms with Gasteiger partial charge in [-0.25, -0.2) is 0 Å². The van der Waals surface area contributed by atoms with E-state index in [1.807, 2.05) is 17.9 Å². The van der Waals surface area contributed by atoms with Crippen molar-refractivity contribution in [3.8, 4) is 5.75 Å². The third kappa shape index (κ3) is 5.97. The summed E-state index contributed by atoms with van der Waals surface area (Å²) in [5.74, 6) is 0.183. The van der Waals surface area contributed by atoms with Gasteiger partial charge in [-0.3, -0.25) is 9.59 Å². The van der Waals surface area contributed by atoms with Gasteiger partial charge in [0.25, 0.3) is 5.91 Å². The second kappa shape index (κ2) is 10.4. The molecule has 0 aromatic heterocycles. The number of nitrogens with one attached hydrogen (secondary N) is 1. The highest BCUT2D eigenvalue weighted by Gasteiger charge is 2.24. The smallest absolute Gasteiger partial charge is 0.265 e. The molecule has 9 heteroatoms. The fourth-order valence-corrected chi connectivity index (χ4v) is 3.98. The highest BCUT2D eigenvalue weighted by molar-refractivity contribution is 6.35. The monoisotopic (exact) mass is 483 g/mol. The molecule has 0 unspecified atom stereocenters. The van der Waals surface area contributed by atoms with E-state index in [-0.39, 0.29) is 11.8 Å². The molecule has 0 bridgehead atoms. The Morgan fingerprint density at radius 3 is 2.32 bits per heavy atom. The van der Waals surface area contributed by atoms with Crippen molar-refractivity contribution in [2.75, 3.05) is 36.4 Å². The first-order valence-corrected chi connectivity index (χ1v) is 11.2. The average molecular weight is 485 g/mol. The summed E-state index contributed by atoms with van der Waals surface area (Å²) in [6, 6.07) is 10.2. The number of halogens is 3. The second-order valence-corrected chi connectivity index (χ2v) is 8.49. The van der Waals surface area contributed by atoms with Crippen molar-refractivity contribution in [2.24, 2.45) is 0 Å². The Balaban J connectivity index is 1.70. The minimum Gasteiger partial charge on any atom is -0.479 e. The normalized spacial score (nSPS) is 14.9. The molecule has 1 N–H and O–H groups in total. The number of carbonyl (C=O) groups is 2. The number of benzene rings is 2. The van der Waals surface area contributed by atoms with Gasteiger partial charge in [-0.05, 0) is 43.3 Å². The Morgan fingerprint density at radius 1 is 1.03 bits per heavy atom. The molecule has 1 atom stereocenters. The van der Waals surface area contributed by atoms with E-state index >= 15 is 0 Å². The minimum atomic E-state index is -0.801. The molecule has 1 aliphatic rings. The molecule has 3 rings (SSSR count). The Kier molecular flexibility index (Phi) is 7.92. The highest BCUT2D eigenvalue weighted by atomic mass is 35.5. The van der Waals surface area contributed by atoms with E-state index in [1.165, 1.54) is 0 Å². The molecule has 166 valence electrons. The Morgan fingerprint density at radius 2 is 1.68 bits per heavy atom. The zero-order chi connectivity index (χ0) is 22.5. The summed E-state index contributed by atoms with van der Waals surface area (Å²) in [5.41, 5.74) is 1.43. The van der Waals surface area contributed by atoms with E-state index in [1.54, 1.807) is 37.3 Å². The molecule has 6 nitrogen and oxygen atoms in total. The molecule has 0 radical (unpaired) electrons. The summed E-state index contributed by atoms with van der Waals surface area (Å²) < 4.78 is 5.71. The zero-order valence-electron chi connectivity index (χ0n) is 17.3. The fourth-order valence-electron chi connectivity index (χ4n) is 3.35. The minimum absolute atomic E-state index is 0.149. The first kappa shape index (κ1) is 23.5. The van der Waals surface area contributed by atoms with E-state index in [9.17, 15) is 9.59 Å². The van der Waals surface area contributed by atoms with Gasteiger partial charge in [0, 0.05) is 42.6 Å². The summed E-state index contributed by atoms with van der Waals surface area (Å²) in [7, 11) is 0. The molecule has 2 aromatic carbocycles. The van der Waals surface area contributed by atoms with Crippen LogP contribution in [-0.2, 0) is 9.59 Å². The van der Waals surface area contributed by atoms with E-state index in [0.29, 0.717) is 59.1 Å². The number of ether oxygens (including phenoxy) is 1. The van der Waals surface area contributed by atoms with Crippen LogP contribution in [0, 0.1) is 0 Å². The number of hydrogen-bond acceptors (Lipinski definition) is 4. The van der Waals surface area contributed by atoms with Crippen LogP contribution in [0.15, 0.2) is 36.4 Å². The number of hydrogen-bond donors (Lipinski definition) is 1. The van der Waals surface area contributed by atoms with Crippen LogP contribution in [0.4, 0.5) is 11.4 Å². The third-order valence-electron chi connectivity index (χ3n) is 5.06. The van der Waals surface area contributed by atoms with E-state index in [4.69, 9.17) is 39.5 Å². The molecule has 1 heterocycles. The van der Waals surface area contributed by atoms with Gasteiger partial charge in [-0.1, -0.05) is 41.7 Å². The van der Waals surface area contributed by atoms with Crippen LogP contribution >= 0.6 is 34.8 Å². The first-order valence-electron chi connectivity index (χ1n) is 10.0. The molecule has 2 amide bonds. The van der Waals surface area contributed by atoms with Gasteiger partial charge in [0.2, 0.25) is 5.91 Å². The number of anilines is 2. The van der Waals surface area contributed by atoms with Crippen LogP contribution in [0.1, 0.15) is 20.3 Å². The van der Waals surface area contributed by atoms with Crippen LogP contribution in [0.3, 0.4) is 0 Å². The number of nitrogens with zero attached hydrogens (tertiary/aromatic N) is 2. The molecule has 31 heavy (non-hydrogen) atoms. The highest BCUT2D eigenvalue weighted by Crippen LogP contribution is 2.31. The summed E-state index contributed by atoms with van der Waals surface area (Å²) in [4.78, 5) is 28.7. The quantitative estimate of drug-likeness (QED) is 0.619. The maximum atomic E-state index is 12.8. The van der Waals surface area contributed by atoms with Crippen LogP contribution in [0.5, 0.6) is 5.75 Å². The topological polar surface area (TPSA) is 61.9 Å². The van der Waals surface area contributed by atoms with Gasteiger partial charge >= 0.3 is 0 Å². The van der Waals surface area contributed by atoms with Gasteiger partial charge in [-0.2, -0.15) is 0 Å². The van der Waals surface area contributed by atoms with Gasteiger partial charge in [0.1, 0.15) is 5.75 Å². The summed E-state index contributed by atoms with van der Waals surface area (Å²) in [6.07, 6.45) is -0.304.